The second-order valence-corrected chi connectivity index (χ2v) is 4.67. The highest BCUT2D eigenvalue weighted by Crippen LogP contribution is 2.29. The molecule has 1 heterocycles. The molecule has 1 amide bonds. The lowest BCUT2D eigenvalue weighted by molar-refractivity contribution is -0.133. The third-order valence-corrected chi connectivity index (χ3v) is 3.19. The normalized spacial score (nSPS) is 22.2. The number of hydrogen-bond donors (Lipinski definition) is 3. The Balaban J connectivity index is 2.15. The number of aromatic carboxylic acids is 1. The summed E-state index contributed by atoms with van der Waals surface area (Å²) in [6.07, 6.45) is 1.43. The molecule has 1 aromatic carbocycles. The van der Waals surface area contributed by atoms with Crippen molar-refractivity contribution in [3.63, 3.8) is 0 Å². The number of hydrogen-bond acceptors (Lipinski definition) is 4. The van der Waals surface area contributed by atoms with Gasteiger partial charge in [-0.3, -0.25) is 4.79 Å². The summed E-state index contributed by atoms with van der Waals surface area (Å²) >= 11 is 0. The lowest BCUT2D eigenvalue weighted by atomic mass is 10.0. The summed E-state index contributed by atoms with van der Waals surface area (Å²) < 4.78 is 5.39. The van der Waals surface area contributed by atoms with Crippen LogP contribution in [0, 0.1) is 0 Å². The molecule has 1 aromatic rings. The van der Waals surface area contributed by atoms with E-state index >= 15 is 0 Å². The van der Waals surface area contributed by atoms with Gasteiger partial charge in [0, 0.05) is 6.61 Å². The Labute approximate surface area is 110 Å². The maximum atomic E-state index is 12.0. The first kappa shape index (κ1) is 13.4. The molecule has 3 N–H and O–H groups in total. The largest absolute Gasteiger partial charge is 0.506 e. The smallest absolute Gasteiger partial charge is 0.335 e. The zero-order chi connectivity index (χ0) is 14.0. The standard InChI is InChI=1S/C13H15NO5/c1-13(5-2-6-19-13)12(18)14-9-4-3-8(11(16)17)7-10(9)15/h3-4,7,15H,2,5-6H2,1H3,(H,14,18)(H,16,17). The van der Waals surface area contributed by atoms with E-state index in [2.05, 4.69) is 5.32 Å². The van der Waals surface area contributed by atoms with Crippen LogP contribution in [-0.2, 0) is 9.53 Å². The quantitative estimate of drug-likeness (QED) is 0.721. The molecule has 6 heteroatoms. The van der Waals surface area contributed by atoms with Crippen molar-refractivity contribution in [3.05, 3.63) is 23.8 Å². The van der Waals surface area contributed by atoms with Gasteiger partial charge in [-0.25, -0.2) is 4.79 Å². The van der Waals surface area contributed by atoms with Gasteiger partial charge in [0.25, 0.3) is 5.91 Å². The van der Waals surface area contributed by atoms with Crippen molar-refractivity contribution in [3.8, 4) is 5.75 Å². The Bertz CT molecular complexity index is 520. The Morgan fingerprint density at radius 1 is 1.42 bits per heavy atom. The van der Waals surface area contributed by atoms with Gasteiger partial charge in [0.2, 0.25) is 0 Å². The molecule has 0 radical (unpaired) electrons. The Morgan fingerprint density at radius 2 is 2.16 bits per heavy atom. The van der Waals surface area contributed by atoms with Crippen LogP contribution in [0.5, 0.6) is 5.75 Å². The summed E-state index contributed by atoms with van der Waals surface area (Å²) in [6.45, 7) is 2.23. The van der Waals surface area contributed by atoms with Gasteiger partial charge in [0.1, 0.15) is 11.4 Å². The van der Waals surface area contributed by atoms with Crippen LogP contribution in [0.1, 0.15) is 30.1 Å². The molecule has 1 unspecified atom stereocenters. The number of carboxylic acids is 1. The van der Waals surface area contributed by atoms with Crippen LogP contribution in [0.15, 0.2) is 18.2 Å². The Morgan fingerprint density at radius 3 is 2.68 bits per heavy atom. The van der Waals surface area contributed by atoms with Gasteiger partial charge < -0.3 is 20.3 Å². The van der Waals surface area contributed by atoms with Crippen LogP contribution in [-0.4, -0.2) is 34.3 Å². The Kier molecular flexibility index (Phi) is 3.44. The summed E-state index contributed by atoms with van der Waals surface area (Å²) in [7, 11) is 0. The summed E-state index contributed by atoms with van der Waals surface area (Å²) in [4.78, 5) is 22.8. The number of carbonyl (C=O) groups excluding carboxylic acids is 1. The topological polar surface area (TPSA) is 95.9 Å². The molecule has 0 saturated carbocycles. The minimum Gasteiger partial charge on any atom is -0.506 e. The van der Waals surface area contributed by atoms with Crippen LogP contribution < -0.4 is 5.32 Å². The van der Waals surface area contributed by atoms with Crippen molar-refractivity contribution >= 4 is 17.6 Å². The lowest BCUT2D eigenvalue weighted by Crippen LogP contribution is -2.39. The fourth-order valence-corrected chi connectivity index (χ4v) is 1.98. The van der Waals surface area contributed by atoms with E-state index in [0.29, 0.717) is 13.0 Å². The van der Waals surface area contributed by atoms with Crippen molar-refractivity contribution in [2.24, 2.45) is 0 Å². The molecular weight excluding hydrogens is 250 g/mol. The van der Waals surface area contributed by atoms with Crippen LogP contribution in [0.4, 0.5) is 5.69 Å². The number of aromatic hydroxyl groups is 1. The first-order chi connectivity index (χ1) is 8.92. The fourth-order valence-electron chi connectivity index (χ4n) is 1.98. The third-order valence-electron chi connectivity index (χ3n) is 3.19. The van der Waals surface area contributed by atoms with Gasteiger partial charge in [0.05, 0.1) is 11.3 Å². The molecule has 2 rings (SSSR count). The van der Waals surface area contributed by atoms with Gasteiger partial charge >= 0.3 is 5.97 Å². The van der Waals surface area contributed by atoms with E-state index in [1.165, 1.54) is 12.1 Å². The zero-order valence-corrected chi connectivity index (χ0v) is 10.5. The number of amides is 1. The first-order valence-electron chi connectivity index (χ1n) is 5.94. The highest BCUT2D eigenvalue weighted by atomic mass is 16.5. The second-order valence-electron chi connectivity index (χ2n) is 4.67. The summed E-state index contributed by atoms with van der Waals surface area (Å²) in [5, 5.41) is 21.0. The predicted octanol–water partition coefficient (Wildman–Crippen LogP) is 1.60. The number of ether oxygens (including phenoxy) is 1. The maximum absolute atomic E-state index is 12.0. The van der Waals surface area contributed by atoms with Crippen molar-refractivity contribution in [1.29, 1.82) is 0 Å². The predicted molar refractivity (Wildman–Crippen MR) is 67.3 cm³/mol. The van der Waals surface area contributed by atoms with Crippen molar-refractivity contribution in [1.82, 2.24) is 0 Å². The number of phenols is 1. The van der Waals surface area contributed by atoms with Crippen LogP contribution in [0.2, 0.25) is 0 Å². The van der Waals surface area contributed by atoms with Gasteiger partial charge in [-0.15, -0.1) is 0 Å². The number of phenolic OH excluding ortho intramolecular Hbond substituents is 1. The van der Waals surface area contributed by atoms with Gasteiger partial charge in [-0.05, 0) is 38.0 Å². The summed E-state index contributed by atoms with van der Waals surface area (Å²) in [5.41, 5.74) is -0.761. The SMILES string of the molecule is CC1(C(=O)Nc2ccc(C(=O)O)cc2O)CCCO1. The van der Waals surface area contributed by atoms with Gasteiger partial charge in [-0.1, -0.05) is 0 Å². The van der Waals surface area contributed by atoms with Gasteiger partial charge in [0.15, 0.2) is 0 Å². The van der Waals surface area contributed by atoms with Crippen LogP contribution >= 0.6 is 0 Å². The fraction of sp³-hybridized carbons (Fsp3) is 0.385. The molecule has 0 bridgehead atoms. The number of carboxylic acid groups (broad SMARTS) is 1. The number of nitrogens with one attached hydrogen (secondary N) is 1. The van der Waals surface area contributed by atoms with E-state index in [4.69, 9.17) is 9.84 Å². The number of anilines is 1. The number of benzene rings is 1. The number of rotatable bonds is 3. The molecule has 102 valence electrons. The number of carbonyl (C=O) groups is 2. The van der Waals surface area contributed by atoms with E-state index in [-0.39, 0.29) is 22.9 Å². The summed E-state index contributed by atoms with van der Waals surface area (Å²) in [5.74, 6) is -1.77. The van der Waals surface area contributed by atoms with Crippen LogP contribution in [0.25, 0.3) is 0 Å². The average Bonchev–Trinajstić information content (AvgIpc) is 2.80. The Hall–Kier alpha value is -2.08. The van der Waals surface area contributed by atoms with E-state index in [1.54, 1.807) is 6.92 Å². The zero-order valence-electron chi connectivity index (χ0n) is 10.5. The van der Waals surface area contributed by atoms with Gasteiger partial charge in [-0.2, -0.15) is 0 Å². The molecule has 1 saturated heterocycles. The molecule has 0 aromatic heterocycles. The van der Waals surface area contributed by atoms with Crippen LogP contribution in [0.3, 0.4) is 0 Å². The van der Waals surface area contributed by atoms with E-state index in [1.807, 2.05) is 0 Å². The molecule has 1 aliphatic heterocycles. The van der Waals surface area contributed by atoms with E-state index in [9.17, 15) is 14.7 Å². The minimum atomic E-state index is -1.14. The minimum absolute atomic E-state index is 0.0428. The molecular formula is C13H15NO5. The van der Waals surface area contributed by atoms with Crippen molar-refractivity contribution in [2.45, 2.75) is 25.4 Å². The maximum Gasteiger partial charge on any atom is 0.335 e. The molecule has 1 aliphatic rings. The highest BCUT2D eigenvalue weighted by molar-refractivity contribution is 5.99. The molecule has 1 atom stereocenters. The second kappa shape index (κ2) is 4.89. The molecule has 0 spiro atoms. The van der Waals surface area contributed by atoms with E-state index < -0.39 is 11.6 Å². The lowest BCUT2D eigenvalue weighted by Gasteiger charge is -2.22. The summed E-state index contributed by atoms with van der Waals surface area (Å²) in [6, 6.07) is 3.76. The molecule has 0 aliphatic carbocycles. The van der Waals surface area contributed by atoms with E-state index in [0.717, 1.165) is 12.5 Å². The molecule has 6 nitrogen and oxygen atoms in total. The first-order valence-corrected chi connectivity index (χ1v) is 5.94. The molecule has 1 fully saturated rings. The average molecular weight is 265 g/mol. The van der Waals surface area contributed by atoms with Crippen molar-refractivity contribution < 1.29 is 24.5 Å². The third kappa shape index (κ3) is 2.68. The monoisotopic (exact) mass is 265 g/mol. The highest BCUT2D eigenvalue weighted by Gasteiger charge is 2.37. The van der Waals surface area contributed by atoms with Crippen molar-refractivity contribution in [2.75, 3.05) is 11.9 Å². The molecule has 19 heavy (non-hydrogen) atoms.